The van der Waals surface area contributed by atoms with Gasteiger partial charge in [0.15, 0.2) is 11.2 Å². The summed E-state index contributed by atoms with van der Waals surface area (Å²) in [5.74, 6) is -1.38. The molecule has 2 bridgehead atoms. The lowest BCUT2D eigenvalue weighted by atomic mass is 9.66. The van der Waals surface area contributed by atoms with E-state index in [1.165, 1.54) is 22.8 Å². The Kier molecular flexibility index (Phi) is 3.84. The van der Waals surface area contributed by atoms with E-state index in [-0.39, 0.29) is 17.9 Å². The minimum Gasteiger partial charge on any atom is -0.448 e. The molecule has 2 aliphatic heterocycles. The van der Waals surface area contributed by atoms with Crippen molar-refractivity contribution < 1.29 is 23.1 Å². The molecule has 3 heterocycles. The standard InChI is InChI=1S/C22H25FN2O5/c1-20(2)21(3)8-9-22(20,30-18(21)27)17(26)24-10-6-14(7-11-24)25-15-12-13(23)4-5-16(15)29-19(25)28/h4-5,12,14H,6-11H2,1-3H3/t21-,22?/m0/s1. The van der Waals surface area contributed by atoms with Gasteiger partial charge in [-0.1, -0.05) is 13.8 Å². The normalized spacial score (nSPS) is 30.8. The highest BCUT2D eigenvalue weighted by atomic mass is 19.1. The molecule has 3 aliphatic rings. The Morgan fingerprint density at radius 2 is 1.83 bits per heavy atom. The largest absolute Gasteiger partial charge is 0.448 e. The number of halogens is 1. The second-order valence-corrected chi connectivity index (χ2v) is 9.55. The maximum atomic E-state index is 13.7. The van der Waals surface area contributed by atoms with Gasteiger partial charge in [-0.05, 0) is 44.7 Å². The number of rotatable bonds is 2. The summed E-state index contributed by atoms with van der Waals surface area (Å²) in [6.45, 7) is 6.65. The molecule has 0 spiro atoms. The number of hydrogen-bond donors (Lipinski definition) is 0. The Bertz CT molecular complexity index is 1130. The first-order valence-corrected chi connectivity index (χ1v) is 10.4. The summed E-state index contributed by atoms with van der Waals surface area (Å²) in [7, 11) is 0. The molecule has 1 aliphatic carbocycles. The molecule has 7 nitrogen and oxygen atoms in total. The smallest absolute Gasteiger partial charge is 0.420 e. The van der Waals surface area contributed by atoms with Crippen LogP contribution < -0.4 is 5.76 Å². The van der Waals surface area contributed by atoms with Crippen LogP contribution in [0.1, 0.15) is 52.5 Å². The van der Waals surface area contributed by atoms with Gasteiger partial charge in [-0.3, -0.25) is 14.2 Å². The zero-order chi connectivity index (χ0) is 21.5. The van der Waals surface area contributed by atoms with Crippen LogP contribution in [0, 0.1) is 16.6 Å². The van der Waals surface area contributed by atoms with Crippen LogP contribution in [0.15, 0.2) is 27.4 Å². The number of piperidine rings is 1. The summed E-state index contributed by atoms with van der Waals surface area (Å²) in [5.41, 5.74) is -1.56. The van der Waals surface area contributed by atoms with Crippen molar-refractivity contribution in [3.05, 3.63) is 34.6 Å². The Hall–Kier alpha value is -2.64. The molecule has 0 radical (unpaired) electrons. The molecule has 30 heavy (non-hydrogen) atoms. The predicted octanol–water partition coefficient (Wildman–Crippen LogP) is 3.02. The molecule has 8 heteroatoms. The quantitative estimate of drug-likeness (QED) is 0.703. The average molecular weight is 416 g/mol. The number of carbonyl (C=O) groups excluding carboxylic acids is 2. The van der Waals surface area contributed by atoms with Crippen molar-refractivity contribution in [3.8, 4) is 0 Å². The van der Waals surface area contributed by atoms with Crippen LogP contribution >= 0.6 is 0 Å². The molecule has 1 amide bonds. The van der Waals surface area contributed by atoms with Crippen molar-refractivity contribution in [2.45, 2.75) is 58.1 Å². The molecule has 5 rings (SSSR count). The minimum atomic E-state index is -1.12. The third kappa shape index (κ3) is 2.22. The summed E-state index contributed by atoms with van der Waals surface area (Å²) in [4.78, 5) is 40.1. The van der Waals surface area contributed by atoms with E-state index in [4.69, 9.17) is 9.15 Å². The van der Waals surface area contributed by atoms with Crippen LogP contribution in [0.2, 0.25) is 0 Å². The number of likely N-dealkylation sites (tertiary alicyclic amines) is 1. The number of benzene rings is 1. The van der Waals surface area contributed by atoms with E-state index in [0.29, 0.717) is 49.9 Å². The number of oxazole rings is 1. The molecular weight excluding hydrogens is 391 g/mol. The molecule has 1 saturated carbocycles. The highest BCUT2D eigenvalue weighted by molar-refractivity contribution is 5.96. The summed E-state index contributed by atoms with van der Waals surface area (Å²) in [5, 5.41) is 0. The number of fused-ring (bicyclic) bond motifs is 3. The maximum absolute atomic E-state index is 13.7. The van der Waals surface area contributed by atoms with Gasteiger partial charge in [-0.25, -0.2) is 9.18 Å². The van der Waals surface area contributed by atoms with Crippen molar-refractivity contribution in [2.24, 2.45) is 10.8 Å². The van der Waals surface area contributed by atoms with Gasteiger partial charge in [-0.2, -0.15) is 0 Å². The van der Waals surface area contributed by atoms with E-state index in [2.05, 4.69) is 0 Å². The molecule has 0 N–H and O–H groups in total. The number of amides is 1. The Labute approximate surface area is 172 Å². The van der Waals surface area contributed by atoms with E-state index < -0.39 is 28.0 Å². The van der Waals surface area contributed by atoms with Crippen molar-refractivity contribution in [1.82, 2.24) is 9.47 Å². The van der Waals surface area contributed by atoms with Crippen molar-refractivity contribution in [2.75, 3.05) is 13.1 Å². The first-order valence-electron chi connectivity index (χ1n) is 10.4. The summed E-state index contributed by atoms with van der Waals surface area (Å²) >= 11 is 0. The number of carbonyl (C=O) groups is 2. The first-order chi connectivity index (χ1) is 14.1. The first kappa shape index (κ1) is 19.3. The fourth-order valence-corrected chi connectivity index (χ4v) is 5.66. The third-order valence-corrected chi connectivity index (χ3v) is 8.12. The number of ether oxygens (including phenoxy) is 1. The fraction of sp³-hybridized carbons (Fsp3) is 0.591. The van der Waals surface area contributed by atoms with Gasteiger partial charge in [0.2, 0.25) is 0 Å². The van der Waals surface area contributed by atoms with Gasteiger partial charge < -0.3 is 14.1 Å². The number of aromatic nitrogens is 1. The SMILES string of the molecule is CC1(C)C2(C(=O)N3CCC(n4c(=O)oc5ccc(F)cc54)CC3)CC[C@@]1(C)C(=O)O2. The lowest BCUT2D eigenvalue weighted by Gasteiger charge is -2.41. The molecule has 2 saturated heterocycles. The highest BCUT2D eigenvalue weighted by Crippen LogP contribution is 2.66. The van der Waals surface area contributed by atoms with Gasteiger partial charge in [0.1, 0.15) is 5.82 Å². The van der Waals surface area contributed by atoms with Gasteiger partial charge in [0, 0.05) is 30.6 Å². The van der Waals surface area contributed by atoms with Crippen LogP contribution in [0.3, 0.4) is 0 Å². The average Bonchev–Trinajstić information content (AvgIpc) is 3.19. The highest BCUT2D eigenvalue weighted by Gasteiger charge is 2.76. The summed E-state index contributed by atoms with van der Waals surface area (Å²) in [6.07, 6.45) is 2.26. The van der Waals surface area contributed by atoms with Crippen LogP contribution in [-0.4, -0.2) is 40.0 Å². The monoisotopic (exact) mass is 416 g/mol. The molecule has 1 aromatic carbocycles. The molecular formula is C22H25FN2O5. The van der Waals surface area contributed by atoms with Gasteiger partial charge in [-0.15, -0.1) is 0 Å². The number of esters is 1. The molecule has 1 aromatic heterocycles. The molecule has 2 aromatic rings. The van der Waals surface area contributed by atoms with Crippen LogP contribution in [0.4, 0.5) is 4.39 Å². The van der Waals surface area contributed by atoms with Gasteiger partial charge >= 0.3 is 11.7 Å². The van der Waals surface area contributed by atoms with Crippen LogP contribution in [0.25, 0.3) is 11.1 Å². The van der Waals surface area contributed by atoms with E-state index in [0.717, 1.165) is 0 Å². The zero-order valence-corrected chi connectivity index (χ0v) is 17.4. The molecule has 1 unspecified atom stereocenters. The van der Waals surface area contributed by atoms with E-state index >= 15 is 0 Å². The maximum Gasteiger partial charge on any atom is 0.420 e. The zero-order valence-electron chi connectivity index (χ0n) is 17.4. The van der Waals surface area contributed by atoms with E-state index in [1.807, 2.05) is 20.8 Å². The van der Waals surface area contributed by atoms with Gasteiger partial charge in [0.05, 0.1) is 10.9 Å². The summed E-state index contributed by atoms with van der Waals surface area (Å²) in [6, 6.07) is 3.83. The second kappa shape index (κ2) is 5.95. The second-order valence-electron chi connectivity index (χ2n) is 9.55. The Balaban J connectivity index is 1.38. The van der Waals surface area contributed by atoms with Gasteiger partial charge in [0.25, 0.3) is 5.91 Å². The molecule has 3 fully saturated rings. The topological polar surface area (TPSA) is 81.8 Å². The minimum absolute atomic E-state index is 0.143. The Morgan fingerprint density at radius 3 is 2.43 bits per heavy atom. The number of hydrogen-bond acceptors (Lipinski definition) is 5. The predicted molar refractivity (Wildman–Crippen MR) is 105 cm³/mol. The van der Waals surface area contributed by atoms with Crippen LogP contribution in [-0.2, 0) is 14.3 Å². The van der Waals surface area contributed by atoms with E-state index in [9.17, 15) is 18.8 Å². The number of nitrogens with zero attached hydrogens (tertiary/aromatic N) is 2. The summed E-state index contributed by atoms with van der Waals surface area (Å²) < 4.78 is 26.2. The Morgan fingerprint density at radius 1 is 1.13 bits per heavy atom. The lowest BCUT2D eigenvalue weighted by molar-refractivity contribution is -0.174. The third-order valence-electron chi connectivity index (χ3n) is 8.12. The molecule has 2 atom stereocenters. The lowest BCUT2D eigenvalue weighted by Crippen LogP contribution is -2.56. The fourth-order valence-electron chi connectivity index (χ4n) is 5.66. The van der Waals surface area contributed by atoms with Crippen molar-refractivity contribution in [1.29, 1.82) is 0 Å². The van der Waals surface area contributed by atoms with E-state index in [1.54, 1.807) is 4.90 Å². The van der Waals surface area contributed by atoms with Crippen LogP contribution in [0.5, 0.6) is 0 Å². The van der Waals surface area contributed by atoms with Crippen molar-refractivity contribution in [3.63, 3.8) is 0 Å². The molecule has 160 valence electrons. The van der Waals surface area contributed by atoms with Crippen molar-refractivity contribution >= 4 is 23.0 Å².